The number of sulfone groups is 1. The highest BCUT2D eigenvalue weighted by molar-refractivity contribution is 7.91. The lowest BCUT2D eigenvalue weighted by atomic mass is 10.0. The van der Waals surface area contributed by atoms with Gasteiger partial charge >= 0.3 is 0 Å². The Balaban J connectivity index is 2.80. The number of rotatable bonds is 4. The molecule has 23 heavy (non-hydrogen) atoms. The van der Waals surface area contributed by atoms with Gasteiger partial charge in [0.15, 0.2) is 0 Å². The van der Waals surface area contributed by atoms with Gasteiger partial charge in [0.2, 0.25) is 19.9 Å². The van der Waals surface area contributed by atoms with Gasteiger partial charge in [0.05, 0.1) is 14.7 Å². The smallest absolute Gasteiger partial charge is 0.225 e. The fraction of sp³-hybridized carbons (Fsp3) is 0.200. The van der Waals surface area contributed by atoms with Gasteiger partial charge < -0.3 is 0 Å². The third-order valence-electron chi connectivity index (χ3n) is 3.32. The first-order valence-electron chi connectivity index (χ1n) is 6.71. The zero-order valence-corrected chi connectivity index (χ0v) is 14.2. The predicted octanol–water partition coefficient (Wildman–Crippen LogP) is 2.43. The van der Waals surface area contributed by atoms with E-state index >= 15 is 0 Å². The second kappa shape index (κ2) is 6.03. The van der Waals surface area contributed by atoms with Crippen LogP contribution in [0, 0.1) is 5.82 Å². The van der Waals surface area contributed by atoms with Crippen LogP contribution in [0.15, 0.2) is 57.2 Å². The summed E-state index contributed by atoms with van der Waals surface area (Å²) in [6.45, 7) is 3.35. The van der Waals surface area contributed by atoms with Gasteiger partial charge in [-0.15, -0.1) is 0 Å². The Bertz CT molecular complexity index is 934. The van der Waals surface area contributed by atoms with Crippen molar-refractivity contribution < 1.29 is 21.2 Å². The zero-order chi connectivity index (χ0) is 17.4. The van der Waals surface area contributed by atoms with Gasteiger partial charge in [-0.3, -0.25) is 0 Å². The molecule has 5 nitrogen and oxygen atoms in total. The van der Waals surface area contributed by atoms with E-state index in [1.165, 1.54) is 18.2 Å². The summed E-state index contributed by atoms with van der Waals surface area (Å²) in [5.74, 6) is -0.957. The summed E-state index contributed by atoms with van der Waals surface area (Å²) < 4.78 is 62.1. The second-order valence-corrected chi connectivity index (χ2v) is 8.77. The first kappa shape index (κ1) is 17.6. The van der Waals surface area contributed by atoms with Crippen LogP contribution < -0.4 is 5.14 Å². The van der Waals surface area contributed by atoms with Crippen LogP contribution in [0.3, 0.4) is 0 Å². The lowest BCUT2D eigenvalue weighted by Gasteiger charge is -2.17. The molecular formula is C15H16FNO4S2. The maximum Gasteiger partial charge on any atom is 0.238 e. The Labute approximate surface area is 134 Å². The molecule has 0 unspecified atom stereocenters. The highest BCUT2D eigenvalue weighted by atomic mass is 32.2. The van der Waals surface area contributed by atoms with Crippen molar-refractivity contribution in [3.63, 3.8) is 0 Å². The van der Waals surface area contributed by atoms with E-state index in [0.717, 1.165) is 24.3 Å². The van der Waals surface area contributed by atoms with Crippen molar-refractivity contribution in [2.24, 2.45) is 5.14 Å². The summed E-state index contributed by atoms with van der Waals surface area (Å²) >= 11 is 0. The normalized spacial score (nSPS) is 12.6. The monoisotopic (exact) mass is 357 g/mol. The molecule has 0 spiro atoms. The topological polar surface area (TPSA) is 94.3 Å². The molecule has 0 radical (unpaired) electrons. The van der Waals surface area contributed by atoms with E-state index in [-0.39, 0.29) is 20.2 Å². The fourth-order valence-electron chi connectivity index (χ4n) is 2.32. The molecular weight excluding hydrogens is 341 g/mol. The number of sulfonamides is 1. The van der Waals surface area contributed by atoms with E-state index in [1.54, 1.807) is 13.8 Å². The molecule has 0 heterocycles. The molecule has 0 saturated heterocycles. The van der Waals surface area contributed by atoms with E-state index in [4.69, 9.17) is 5.14 Å². The summed E-state index contributed by atoms with van der Waals surface area (Å²) in [4.78, 5) is -0.492. The second-order valence-electron chi connectivity index (χ2n) is 5.33. The van der Waals surface area contributed by atoms with Crippen LogP contribution in [0.4, 0.5) is 4.39 Å². The highest BCUT2D eigenvalue weighted by Crippen LogP contribution is 2.33. The molecule has 2 aromatic rings. The van der Waals surface area contributed by atoms with Gasteiger partial charge in [-0.05, 0) is 47.9 Å². The standard InChI is InChI=1S/C15H16FNO4S2/c1-10(2)15-13(4-3-5-14(15)23(17,20)21)22(18,19)12-8-6-11(16)7-9-12/h3-10H,1-2H3,(H2,17,20,21). The Morgan fingerprint density at radius 1 is 0.913 bits per heavy atom. The maximum atomic E-state index is 13.0. The predicted molar refractivity (Wildman–Crippen MR) is 83.8 cm³/mol. The molecule has 0 bridgehead atoms. The van der Waals surface area contributed by atoms with Crippen molar-refractivity contribution in [1.82, 2.24) is 0 Å². The van der Waals surface area contributed by atoms with Crippen molar-refractivity contribution in [1.29, 1.82) is 0 Å². The summed E-state index contributed by atoms with van der Waals surface area (Å²) in [5.41, 5.74) is 0.124. The lowest BCUT2D eigenvalue weighted by molar-refractivity contribution is 0.589. The van der Waals surface area contributed by atoms with Crippen LogP contribution in [0.25, 0.3) is 0 Å². The van der Waals surface area contributed by atoms with E-state index < -0.39 is 31.6 Å². The van der Waals surface area contributed by atoms with Crippen LogP contribution in [-0.4, -0.2) is 16.8 Å². The molecule has 0 saturated carbocycles. The molecule has 2 N–H and O–H groups in total. The number of nitrogens with two attached hydrogens (primary N) is 1. The molecule has 0 aliphatic rings. The molecule has 124 valence electrons. The maximum absolute atomic E-state index is 13.0. The van der Waals surface area contributed by atoms with Crippen molar-refractivity contribution in [2.75, 3.05) is 0 Å². The summed E-state index contributed by atoms with van der Waals surface area (Å²) in [6, 6.07) is 8.26. The van der Waals surface area contributed by atoms with E-state index in [0.29, 0.717) is 0 Å². The Hall–Kier alpha value is -1.77. The Kier molecular flexibility index (Phi) is 4.61. The number of halogens is 1. The number of benzene rings is 2. The third kappa shape index (κ3) is 3.44. The molecule has 0 aromatic heterocycles. The molecule has 0 aliphatic carbocycles. The number of hydrogen-bond donors (Lipinski definition) is 1. The first-order chi connectivity index (χ1) is 10.5. The molecule has 0 fully saturated rings. The van der Waals surface area contributed by atoms with Crippen LogP contribution in [-0.2, 0) is 19.9 Å². The highest BCUT2D eigenvalue weighted by Gasteiger charge is 2.27. The minimum absolute atomic E-state index is 0.118. The van der Waals surface area contributed by atoms with Crippen molar-refractivity contribution in [3.8, 4) is 0 Å². The van der Waals surface area contributed by atoms with Crippen LogP contribution in [0.5, 0.6) is 0 Å². The summed E-state index contributed by atoms with van der Waals surface area (Å²) in [5, 5.41) is 5.19. The summed E-state index contributed by atoms with van der Waals surface area (Å²) in [6.07, 6.45) is 0. The van der Waals surface area contributed by atoms with Crippen LogP contribution >= 0.6 is 0 Å². The van der Waals surface area contributed by atoms with Crippen LogP contribution in [0.2, 0.25) is 0 Å². The third-order valence-corrected chi connectivity index (χ3v) is 6.12. The van der Waals surface area contributed by atoms with E-state index in [9.17, 15) is 21.2 Å². The molecule has 2 rings (SSSR count). The minimum Gasteiger partial charge on any atom is -0.225 e. The zero-order valence-electron chi connectivity index (χ0n) is 12.5. The number of hydrogen-bond acceptors (Lipinski definition) is 4. The van der Waals surface area contributed by atoms with Crippen molar-refractivity contribution >= 4 is 19.9 Å². The Morgan fingerprint density at radius 2 is 1.43 bits per heavy atom. The van der Waals surface area contributed by atoms with Gasteiger partial charge in [-0.25, -0.2) is 26.4 Å². The Morgan fingerprint density at radius 3 is 1.91 bits per heavy atom. The largest absolute Gasteiger partial charge is 0.238 e. The molecule has 8 heteroatoms. The summed E-state index contributed by atoms with van der Waals surface area (Å²) in [7, 11) is -8.08. The molecule has 0 atom stereocenters. The molecule has 2 aromatic carbocycles. The van der Waals surface area contributed by atoms with Gasteiger partial charge in [-0.2, -0.15) is 0 Å². The molecule has 0 amide bonds. The fourth-order valence-corrected chi connectivity index (χ4v) is 4.94. The quantitative estimate of drug-likeness (QED) is 0.850. The first-order valence-corrected chi connectivity index (χ1v) is 9.74. The lowest BCUT2D eigenvalue weighted by Crippen LogP contribution is -2.18. The SMILES string of the molecule is CC(C)c1c(S(N)(=O)=O)cccc1S(=O)(=O)c1ccc(F)cc1. The van der Waals surface area contributed by atoms with E-state index in [2.05, 4.69) is 0 Å². The van der Waals surface area contributed by atoms with Gasteiger partial charge in [0.25, 0.3) is 0 Å². The van der Waals surface area contributed by atoms with Crippen molar-refractivity contribution in [3.05, 3.63) is 53.8 Å². The van der Waals surface area contributed by atoms with Gasteiger partial charge in [-0.1, -0.05) is 19.9 Å². The average molecular weight is 357 g/mol. The van der Waals surface area contributed by atoms with E-state index in [1.807, 2.05) is 0 Å². The number of primary sulfonamides is 1. The van der Waals surface area contributed by atoms with Gasteiger partial charge in [0.1, 0.15) is 5.82 Å². The van der Waals surface area contributed by atoms with Gasteiger partial charge in [0, 0.05) is 0 Å². The van der Waals surface area contributed by atoms with Crippen LogP contribution in [0.1, 0.15) is 25.3 Å². The van der Waals surface area contributed by atoms with Crippen molar-refractivity contribution in [2.45, 2.75) is 34.5 Å². The average Bonchev–Trinajstić information content (AvgIpc) is 2.46. The molecule has 0 aliphatic heterocycles. The minimum atomic E-state index is -4.07.